The van der Waals surface area contributed by atoms with E-state index in [0.717, 1.165) is 0 Å². The summed E-state index contributed by atoms with van der Waals surface area (Å²) in [6, 6.07) is 0. The van der Waals surface area contributed by atoms with Crippen molar-refractivity contribution in [1.82, 2.24) is 0 Å². The van der Waals surface area contributed by atoms with E-state index in [1.807, 2.05) is 0 Å². The Kier molecular flexibility index (Phi) is 2.07. The van der Waals surface area contributed by atoms with E-state index in [1.165, 1.54) is 6.20 Å². The molecule has 0 aliphatic carbocycles. The zero-order chi connectivity index (χ0) is 8.65. The van der Waals surface area contributed by atoms with Crippen LogP contribution in [0.1, 0.15) is 13.8 Å². The summed E-state index contributed by atoms with van der Waals surface area (Å²) in [5.74, 6) is -0.0556. The quantitative estimate of drug-likeness (QED) is 0.634. The van der Waals surface area contributed by atoms with Crippen LogP contribution in [0.5, 0.6) is 0 Å². The van der Waals surface area contributed by atoms with Crippen molar-refractivity contribution in [1.29, 1.82) is 0 Å². The van der Waals surface area contributed by atoms with Crippen molar-refractivity contribution in [2.45, 2.75) is 13.8 Å². The lowest BCUT2D eigenvalue weighted by atomic mass is 10.2. The third kappa shape index (κ3) is 1.32. The van der Waals surface area contributed by atoms with Gasteiger partial charge >= 0.3 is 0 Å². The monoisotopic (exact) mass is 193 g/mol. The van der Waals surface area contributed by atoms with Gasteiger partial charge in [0.05, 0.1) is 4.91 Å². The number of halogens is 1. The Labute approximate surface area is 70.7 Å². The molecule has 1 rings (SSSR count). The molecular weight excluding hydrogens is 186 g/mol. The maximum absolute atomic E-state index is 11.2. The maximum Gasteiger partial charge on any atom is 0.232 e. The van der Waals surface area contributed by atoms with Crippen molar-refractivity contribution in [3.8, 4) is 0 Å². The zero-order valence-corrected chi connectivity index (χ0v) is 7.78. The third-order valence-corrected chi connectivity index (χ3v) is 3.85. The SMILES string of the molecule is CC(C)C1=CN=C(Cl)S1(=O)=O. The molecule has 0 saturated heterocycles. The van der Waals surface area contributed by atoms with Crippen LogP contribution in [0.15, 0.2) is 16.1 Å². The van der Waals surface area contributed by atoms with Crippen molar-refractivity contribution in [3.63, 3.8) is 0 Å². The number of hydrogen-bond acceptors (Lipinski definition) is 3. The fourth-order valence-electron chi connectivity index (χ4n) is 0.810. The topological polar surface area (TPSA) is 46.5 Å². The first-order valence-corrected chi connectivity index (χ1v) is 5.01. The summed E-state index contributed by atoms with van der Waals surface area (Å²) in [5.41, 5.74) is 0. The molecule has 0 amide bonds. The number of allylic oxidation sites excluding steroid dienone is 1. The van der Waals surface area contributed by atoms with Crippen molar-refractivity contribution in [3.05, 3.63) is 11.1 Å². The van der Waals surface area contributed by atoms with Crippen LogP contribution in [-0.4, -0.2) is 12.9 Å². The summed E-state index contributed by atoms with van der Waals surface area (Å²) in [6.45, 7) is 3.57. The van der Waals surface area contributed by atoms with Crippen LogP contribution in [0, 0.1) is 5.92 Å². The first kappa shape index (κ1) is 8.74. The molecule has 0 radical (unpaired) electrons. The van der Waals surface area contributed by atoms with Crippen molar-refractivity contribution in [2.75, 3.05) is 0 Å². The van der Waals surface area contributed by atoms with Crippen LogP contribution < -0.4 is 0 Å². The molecule has 1 aliphatic heterocycles. The fourth-order valence-corrected chi connectivity index (χ4v) is 2.32. The van der Waals surface area contributed by atoms with Gasteiger partial charge in [0.15, 0.2) is 0 Å². The highest BCUT2D eigenvalue weighted by atomic mass is 35.5. The summed E-state index contributed by atoms with van der Waals surface area (Å²) < 4.78 is 22.1. The van der Waals surface area contributed by atoms with E-state index in [-0.39, 0.29) is 10.4 Å². The molecule has 0 fully saturated rings. The van der Waals surface area contributed by atoms with Gasteiger partial charge in [-0.05, 0) is 17.5 Å². The molecule has 0 N–H and O–H groups in total. The van der Waals surface area contributed by atoms with E-state index >= 15 is 0 Å². The molecule has 62 valence electrons. The van der Waals surface area contributed by atoms with Crippen LogP contribution in [-0.2, 0) is 9.84 Å². The number of aliphatic imine (C=N–C) groups is 1. The van der Waals surface area contributed by atoms with Gasteiger partial charge in [0.2, 0.25) is 14.3 Å². The highest BCUT2D eigenvalue weighted by Gasteiger charge is 2.29. The molecule has 0 bridgehead atoms. The molecule has 1 aliphatic rings. The van der Waals surface area contributed by atoms with E-state index < -0.39 is 9.84 Å². The highest BCUT2D eigenvalue weighted by Crippen LogP contribution is 2.25. The predicted molar refractivity (Wildman–Crippen MR) is 45.1 cm³/mol. The molecule has 1 heterocycles. The Hall–Kier alpha value is -0.350. The molecule has 0 aromatic rings. The summed E-state index contributed by atoms with van der Waals surface area (Å²) in [7, 11) is -3.39. The van der Waals surface area contributed by atoms with E-state index in [0.29, 0.717) is 4.91 Å². The highest BCUT2D eigenvalue weighted by molar-refractivity contribution is 8.12. The summed E-state index contributed by atoms with van der Waals surface area (Å²) >= 11 is 5.35. The van der Waals surface area contributed by atoms with Gasteiger partial charge in [-0.1, -0.05) is 13.8 Å². The van der Waals surface area contributed by atoms with E-state index in [4.69, 9.17) is 11.6 Å². The molecule has 0 aromatic carbocycles. The number of sulfone groups is 1. The van der Waals surface area contributed by atoms with E-state index in [9.17, 15) is 8.42 Å². The van der Waals surface area contributed by atoms with Crippen molar-refractivity contribution < 1.29 is 8.42 Å². The minimum absolute atomic E-state index is 0.0556. The fraction of sp³-hybridized carbons (Fsp3) is 0.500. The molecular formula is C6H8ClNO2S. The normalized spacial score (nSPS) is 21.8. The van der Waals surface area contributed by atoms with E-state index in [1.54, 1.807) is 13.8 Å². The smallest absolute Gasteiger partial charge is 0.232 e. The Bertz CT molecular complexity index is 326. The van der Waals surface area contributed by atoms with Crippen LogP contribution in [0.2, 0.25) is 0 Å². The Morgan fingerprint density at radius 3 is 2.27 bits per heavy atom. The Morgan fingerprint density at radius 1 is 1.55 bits per heavy atom. The van der Waals surface area contributed by atoms with Gasteiger partial charge in [-0.3, -0.25) is 0 Å². The van der Waals surface area contributed by atoms with Crippen LogP contribution in [0.3, 0.4) is 0 Å². The second-order valence-electron chi connectivity index (χ2n) is 2.57. The molecule has 3 nitrogen and oxygen atoms in total. The van der Waals surface area contributed by atoms with Gasteiger partial charge in [-0.2, -0.15) is 0 Å². The van der Waals surface area contributed by atoms with Gasteiger partial charge < -0.3 is 0 Å². The standard InChI is InChI=1S/C6H8ClNO2S/c1-4(2)5-3-8-6(7)11(5,9)10/h3-4H,1-2H3. The second-order valence-corrected chi connectivity index (χ2v) is 5.02. The molecule has 0 saturated carbocycles. The second kappa shape index (κ2) is 2.60. The zero-order valence-electron chi connectivity index (χ0n) is 6.20. The van der Waals surface area contributed by atoms with Gasteiger partial charge in [-0.15, -0.1) is 0 Å². The molecule has 0 spiro atoms. The Morgan fingerprint density at radius 2 is 2.09 bits per heavy atom. The van der Waals surface area contributed by atoms with Gasteiger partial charge in [0, 0.05) is 6.20 Å². The minimum atomic E-state index is -3.39. The van der Waals surface area contributed by atoms with Gasteiger partial charge in [0.1, 0.15) is 0 Å². The lowest BCUT2D eigenvalue weighted by Gasteiger charge is -2.03. The van der Waals surface area contributed by atoms with Crippen LogP contribution >= 0.6 is 11.6 Å². The molecule has 0 unspecified atom stereocenters. The van der Waals surface area contributed by atoms with Crippen molar-refractivity contribution in [2.24, 2.45) is 10.9 Å². The predicted octanol–water partition coefficient (Wildman–Crippen LogP) is 1.51. The summed E-state index contributed by atoms with van der Waals surface area (Å²) in [6.07, 6.45) is 1.31. The first-order chi connectivity index (χ1) is 4.96. The average Bonchev–Trinajstić information content (AvgIpc) is 2.08. The van der Waals surface area contributed by atoms with Gasteiger partial charge in [0.25, 0.3) is 0 Å². The van der Waals surface area contributed by atoms with Crippen molar-refractivity contribution >= 4 is 25.9 Å². The molecule has 11 heavy (non-hydrogen) atoms. The van der Waals surface area contributed by atoms with Crippen LogP contribution in [0.4, 0.5) is 0 Å². The minimum Gasteiger partial charge on any atom is -0.232 e. The third-order valence-electron chi connectivity index (χ3n) is 1.39. The lowest BCUT2D eigenvalue weighted by Crippen LogP contribution is -2.10. The lowest BCUT2D eigenvalue weighted by molar-refractivity contribution is 0.607. The maximum atomic E-state index is 11.2. The van der Waals surface area contributed by atoms with Gasteiger partial charge in [-0.25, -0.2) is 13.4 Å². The molecule has 5 heteroatoms. The largest absolute Gasteiger partial charge is 0.232 e. The molecule has 0 atom stereocenters. The summed E-state index contributed by atoms with van der Waals surface area (Å²) in [5, 5.41) is 0. The van der Waals surface area contributed by atoms with E-state index in [2.05, 4.69) is 4.99 Å². The average molecular weight is 194 g/mol. The number of nitrogens with zero attached hydrogens (tertiary/aromatic N) is 1. The summed E-state index contributed by atoms with van der Waals surface area (Å²) in [4.78, 5) is 3.82. The number of rotatable bonds is 1. The number of hydrogen-bond donors (Lipinski definition) is 0. The molecule has 0 aromatic heterocycles. The Balaban J connectivity index is 3.13. The van der Waals surface area contributed by atoms with Crippen LogP contribution in [0.25, 0.3) is 0 Å². The first-order valence-electron chi connectivity index (χ1n) is 3.14.